The number of hydrogen-bond acceptors (Lipinski definition) is 4. The molecule has 0 radical (unpaired) electrons. The van der Waals surface area contributed by atoms with Crippen molar-refractivity contribution >= 4 is 0 Å². The highest BCUT2D eigenvalue weighted by atomic mass is 15.5. The lowest BCUT2D eigenvalue weighted by Crippen LogP contribution is -2.26. The number of tetrazole rings is 1. The van der Waals surface area contributed by atoms with Gasteiger partial charge in [0.15, 0.2) is 5.82 Å². The number of nitrogens with zero attached hydrogens (tertiary/aromatic N) is 4. The minimum atomic E-state index is 0.226. The van der Waals surface area contributed by atoms with Gasteiger partial charge in [0.25, 0.3) is 0 Å². The first kappa shape index (κ1) is 13.5. The van der Waals surface area contributed by atoms with Crippen LogP contribution in [0.25, 0.3) is 0 Å². The molecule has 1 aromatic heterocycles. The standard InChI is InChI=1S/C13H25N5/c1-10(2)8-14-11(3)13-15-16-17-18(13)9-12-6-4-5-7-12/h10-12,14H,4-9H2,1-3H3. The van der Waals surface area contributed by atoms with E-state index in [0.29, 0.717) is 5.92 Å². The van der Waals surface area contributed by atoms with Crippen molar-refractivity contribution in [2.75, 3.05) is 6.54 Å². The predicted octanol–water partition coefficient (Wildman–Crippen LogP) is 2.17. The van der Waals surface area contributed by atoms with Crippen LogP contribution < -0.4 is 5.32 Å². The zero-order valence-electron chi connectivity index (χ0n) is 11.8. The minimum absolute atomic E-state index is 0.226. The van der Waals surface area contributed by atoms with E-state index in [0.717, 1.165) is 24.8 Å². The lowest BCUT2D eigenvalue weighted by atomic mass is 10.1. The van der Waals surface area contributed by atoms with E-state index in [2.05, 4.69) is 41.6 Å². The van der Waals surface area contributed by atoms with Crippen LogP contribution in [0.4, 0.5) is 0 Å². The third-order valence-electron chi connectivity index (χ3n) is 3.69. The molecule has 18 heavy (non-hydrogen) atoms. The van der Waals surface area contributed by atoms with Gasteiger partial charge in [-0.3, -0.25) is 0 Å². The van der Waals surface area contributed by atoms with Crippen molar-refractivity contribution in [3.8, 4) is 0 Å². The highest BCUT2D eigenvalue weighted by Crippen LogP contribution is 2.26. The largest absolute Gasteiger partial charge is 0.307 e. The van der Waals surface area contributed by atoms with E-state index in [1.807, 2.05) is 4.68 Å². The molecule has 1 aliphatic rings. The zero-order chi connectivity index (χ0) is 13.0. The topological polar surface area (TPSA) is 55.6 Å². The Morgan fingerprint density at radius 3 is 2.67 bits per heavy atom. The maximum absolute atomic E-state index is 4.18. The molecule has 102 valence electrons. The average molecular weight is 251 g/mol. The number of aromatic nitrogens is 4. The van der Waals surface area contributed by atoms with Gasteiger partial charge in [-0.25, -0.2) is 4.68 Å². The molecule has 0 saturated heterocycles. The van der Waals surface area contributed by atoms with Crippen LogP contribution in [0, 0.1) is 11.8 Å². The Morgan fingerprint density at radius 2 is 2.00 bits per heavy atom. The summed E-state index contributed by atoms with van der Waals surface area (Å²) < 4.78 is 1.99. The summed E-state index contributed by atoms with van der Waals surface area (Å²) in [6, 6.07) is 0.226. The smallest absolute Gasteiger partial charge is 0.167 e. The molecule has 0 aromatic carbocycles. The Morgan fingerprint density at radius 1 is 1.28 bits per heavy atom. The molecule has 0 spiro atoms. The van der Waals surface area contributed by atoms with Gasteiger partial charge in [0, 0.05) is 6.54 Å². The number of hydrogen-bond donors (Lipinski definition) is 1. The van der Waals surface area contributed by atoms with Gasteiger partial charge in [-0.2, -0.15) is 0 Å². The molecule has 0 amide bonds. The summed E-state index contributed by atoms with van der Waals surface area (Å²) in [6.45, 7) is 8.54. The molecule has 1 saturated carbocycles. The van der Waals surface area contributed by atoms with Crippen LogP contribution in [-0.2, 0) is 6.54 Å². The third kappa shape index (κ3) is 3.51. The summed E-state index contributed by atoms with van der Waals surface area (Å²) in [5.74, 6) is 2.39. The van der Waals surface area contributed by atoms with E-state index in [9.17, 15) is 0 Å². The fourth-order valence-corrected chi connectivity index (χ4v) is 2.59. The van der Waals surface area contributed by atoms with Crippen molar-refractivity contribution in [1.82, 2.24) is 25.5 Å². The van der Waals surface area contributed by atoms with E-state index in [1.54, 1.807) is 0 Å². The Labute approximate surface area is 109 Å². The zero-order valence-corrected chi connectivity index (χ0v) is 11.8. The molecule has 1 fully saturated rings. The van der Waals surface area contributed by atoms with E-state index in [-0.39, 0.29) is 6.04 Å². The molecule has 5 nitrogen and oxygen atoms in total. The Bertz CT molecular complexity index is 354. The van der Waals surface area contributed by atoms with Crippen molar-refractivity contribution in [3.63, 3.8) is 0 Å². The Hall–Kier alpha value is -0.970. The lowest BCUT2D eigenvalue weighted by molar-refractivity contribution is 0.390. The molecule has 1 heterocycles. The summed E-state index contributed by atoms with van der Waals surface area (Å²) in [6.07, 6.45) is 5.38. The molecular weight excluding hydrogens is 226 g/mol. The second kappa shape index (κ2) is 6.27. The maximum atomic E-state index is 4.18. The highest BCUT2D eigenvalue weighted by Gasteiger charge is 2.20. The Balaban J connectivity index is 1.93. The fourth-order valence-electron chi connectivity index (χ4n) is 2.59. The summed E-state index contributed by atoms with van der Waals surface area (Å²) in [5, 5.41) is 15.6. The molecule has 0 bridgehead atoms. The maximum Gasteiger partial charge on any atom is 0.167 e. The van der Waals surface area contributed by atoms with Gasteiger partial charge in [0.1, 0.15) is 0 Å². The minimum Gasteiger partial charge on any atom is -0.307 e. The average Bonchev–Trinajstić information content (AvgIpc) is 2.97. The van der Waals surface area contributed by atoms with Crippen molar-refractivity contribution in [2.45, 2.75) is 59.0 Å². The summed E-state index contributed by atoms with van der Waals surface area (Å²) in [5.41, 5.74) is 0. The molecule has 1 aliphatic carbocycles. The van der Waals surface area contributed by atoms with E-state index in [1.165, 1.54) is 25.7 Å². The van der Waals surface area contributed by atoms with Crippen LogP contribution in [-0.4, -0.2) is 26.8 Å². The van der Waals surface area contributed by atoms with Crippen LogP contribution in [0.2, 0.25) is 0 Å². The van der Waals surface area contributed by atoms with Crippen molar-refractivity contribution in [3.05, 3.63) is 5.82 Å². The fraction of sp³-hybridized carbons (Fsp3) is 0.923. The van der Waals surface area contributed by atoms with Crippen LogP contribution in [0.5, 0.6) is 0 Å². The van der Waals surface area contributed by atoms with Gasteiger partial charge in [-0.05, 0) is 48.6 Å². The van der Waals surface area contributed by atoms with Crippen LogP contribution >= 0.6 is 0 Å². The van der Waals surface area contributed by atoms with Gasteiger partial charge < -0.3 is 5.32 Å². The van der Waals surface area contributed by atoms with Gasteiger partial charge in [0.05, 0.1) is 6.04 Å². The molecule has 2 rings (SSSR count). The second-order valence-electron chi connectivity index (χ2n) is 5.89. The molecule has 1 N–H and O–H groups in total. The van der Waals surface area contributed by atoms with Gasteiger partial charge in [-0.1, -0.05) is 26.7 Å². The highest BCUT2D eigenvalue weighted by molar-refractivity contribution is 4.90. The first-order valence-electron chi connectivity index (χ1n) is 7.16. The molecule has 1 aromatic rings. The lowest BCUT2D eigenvalue weighted by Gasteiger charge is -2.16. The second-order valence-corrected chi connectivity index (χ2v) is 5.89. The SMILES string of the molecule is CC(C)CNC(C)c1nnnn1CC1CCCC1. The third-order valence-corrected chi connectivity index (χ3v) is 3.69. The van der Waals surface area contributed by atoms with Crippen LogP contribution in [0.15, 0.2) is 0 Å². The van der Waals surface area contributed by atoms with Crippen molar-refractivity contribution in [1.29, 1.82) is 0 Å². The van der Waals surface area contributed by atoms with Crippen LogP contribution in [0.3, 0.4) is 0 Å². The monoisotopic (exact) mass is 251 g/mol. The Kier molecular flexibility index (Phi) is 4.69. The molecule has 1 unspecified atom stereocenters. The first-order valence-corrected chi connectivity index (χ1v) is 7.16. The normalized spacial score (nSPS) is 18.7. The summed E-state index contributed by atoms with van der Waals surface area (Å²) >= 11 is 0. The quantitative estimate of drug-likeness (QED) is 0.842. The van der Waals surface area contributed by atoms with E-state index >= 15 is 0 Å². The summed E-state index contributed by atoms with van der Waals surface area (Å²) in [4.78, 5) is 0. The van der Waals surface area contributed by atoms with Crippen molar-refractivity contribution < 1.29 is 0 Å². The number of rotatable bonds is 6. The van der Waals surface area contributed by atoms with Crippen molar-refractivity contribution in [2.24, 2.45) is 11.8 Å². The predicted molar refractivity (Wildman–Crippen MR) is 71.0 cm³/mol. The van der Waals surface area contributed by atoms with Gasteiger partial charge >= 0.3 is 0 Å². The molecule has 0 aliphatic heterocycles. The first-order chi connectivity index (χ1) is 8.66. The van der Waals surface area contributed by atoms with E-state index in [4.69, 9.17) is 0 Å². The van der Waals surface area contributed by atoms with Gasteiger partial charge in [0.2, 0.25) is 0 Å². The molecule has 5 heteroatoms. The molecule has 1 atom stereocenters. The summed E-state index contributed by atoms with van der Waals surface area (Å²) in [7, 11) is 0. The van der Waals surface area contributed by atoms with Crippen LogP contribution in [0.1, 0.15) is 58.3 Å². The molecular formula is C13H25N5. The van der Waals surface area contributed by atoms with Gasteiger partial charge in [-0.15, -0.1) is 5.10 Å². The van der Waals surface area contributed by atoms with E-state index < -0.39 is 0 Å². The number of nitrogens with one attached hydrogen (secondary N) is 1.